The molecule has 5 atom stereocenters. The van der Waals surface area contributed by atoms with E-state index in [-0.39, 0.29) is 40.9 Å². The molecule has 3 saturated heterocycles. The van der Waals surface area contributed by atoms with Crippen LogP contribution in [0.5, 0.6) is 0 Å². The number of carbonyl (C=O) groups is 3. The molecule has 0 aromatic carbocycles. The van der Waals surface area contributed by atoms with Crippen LogP contribution in [-0.4, -0.2) is 69.0 Å². The van der Waals surface area contributed by atoms with Crippen LogP contribution < -0.4 is 10.6 Å². The van der Waals surface area contributed by atoms with E-state index in [4.69, 9.17) is 0 Å². The number of likely N-dealkylation sites (tertiary alicyclic amines) is 1. The largest absolute Gasteiger partial charge is 0.396 e. The number of nitrogens with zero attached hydrogens (tertiary/aromatic N) is 1. The number of hydrogen-bond donors (Lipinski definition) is 3. The van der Waals surface area contributed by atoms with E-state index in [1.54, 1.807) is 16.7 Å². The van der Waals surface area contributed by atoms with Crippen molar-refractivity contribution in [1.82, 2.24) is 15.5 Å². The Kier molecular flexibility index (Phi) is 7.79. The Balaban J connectivity index is 1.91. The van der Waals surface area contributed by atoms with E-state index in [2.05, 4.69) is 31.4 Å². The smallest absolute Gasteiger partial charge is 0.244 e. The number of rotatable bonds is 10. The zero-order chi connectivity index (χ0) is 24.6. The van der Waals surface area contributed by atoms with Crippen LogP contribution >= 0.6 is 11.8 Å². The molecule has 3 heterocycles. The zero-order valence-electron chi connectivity index (χ0n) is 21.2. The third-order valence-corrected chi connectivity index (χ3v) is 9.09. The normalized spacial score (nSPS) is 31.1. The molecule has 3 rings (SSSR count). The van der Waals surface area contributed by atoms with Gasteiger partial charge in [-0.2, -0.15) is 0 Å². The summed E-state index contributed by atoms with van der Waals surface area (Å²) in [5, 5.41) is 15.6. The van der Waals surface area contributed by atoms with Crippen molar-refractivity contribution in [3.63, 3.8) is 0 Å². The molecule has 188 valence electrons. The molecule has 8 heteroatoms. The molecule has 3 amide bonds. The molecule has 0 aromatic rings. The summed E-state index contributed by atoms with van der Waals surface area (Å²) in [4.78, 5) is 42.4. The van der Waals surface area contributed by atoms with Gasteiger partial charge < -0.3 is 20.6 Å². The van der Waals surface area contributed by atoms with Crippen LogP contribution in [0.1, 0.15) is 80.1 Å². The van der Waals surface area contributed by atoms with Gasteiger partial charge in [-0.05, 0) is 57.8 Å². The third kappa shape index (κ3) is 5.21. The monoisotopic (exact) mass is 481 g/mol. The van der Waals surface area contributed by atoms with E-state index < -0.39 is 22.2 Å². The summed E-state index contributed by atoms with van der Waals surface area (Å²) in [6.45, 7) is 13.7. The van der Waals surface area contributed by atoms with Gasteiger partial charge in [0.25, 0.3) is 0 Å². The van der Waals surface area contributed by atoms with E-state index in [0.717, 1.165) is 25.7 Å². The Morgan fingerprint density at radius 1 is 1.18 bits per heavy atom. The van der Waals surface area contributed by atoms with Gasteiger partial charge in [0, 0.05) is 30.5 Å². The lowest BCUT2D eigenvalue weighted by molar-refractivity contribution is -0.140. The number of unbranched alkanes of at least 4 members (excludes halogenated alkanes) is 1. The molecule has 1 spiro atoms. The predicted octanol–water partition coefficient (Wildman–Crippen LogP) is 2.71. The number of fused-ring (bicyclic) bond motifs is 1. The highest BCUT2D eigenvalue weighted by atomic mass is 32.2. The first-order valence-electron chi connectivity index (χ1n) is 12.6. The topological polar surface area (TPSA) is 98.7 Å². The summed E-state index contributed by atoms with van der Waals surface area (Å²) in [6.07, 6.45) is 4.53. The van der Waals surface area contributed by atoms with Crippen molar-refractivity contribution in [2.45, 2.75) is 102 Å². The van der Waals surface area contributed by atoms with Gasteiger partial charge >= 0.3 is 0 Å². The summed E-state index contributed by atoms with van der Waals surface area (Å²) < 4.78 is -0.545. The van der Waals surface area contributed by atoms with E-state index in [1.807, 2.05) is 20.8 Å². The van der Waals surface area contributed by atoms with Crippen LogP contribution in [0.4, 0.5) is 0 Å². The van der Waals surface area contributed by atoms with E-state index in [1.165, 1.54) is 0 Å². The minimum atomic E-state index is -0.577. The van der Waals surface area contributed by atoms with Crippen molar-refractivity contribution in [3.8, 4) is 0 Å². The average molecular weight is 482 g/mol. The standard InChI is InChI=1S/C25H43N3O4S/c1-7-12-26-20(30)17-16-10-11-25(33-16)18(17)22(32)28(13-8-9-14-29)19(25)21(31)27-24(5,6)15-23(2,3)4/h16-19,29H,7-15H2,1-6H3,(H,26,30)(H,27,31)/t16-,17+,18-,19?,25?/m0/s1. The lowest BCUT2D eigenvalue weighted by Gasteiger charge is -2.38. The molecule has 3 aliphatic heterocycles. The first-order valence-corrected chi connectivity index (χ1v) is 13.4. The lowest BCUT2D eigenvalue weighted by Crippen LogP contribution is -2.58. The number of amides is 3. The van der Waals surface area contributed by atoms with Gasteiger partial charge in [0.1, 0.15) is 6.04 Å². The van der Waals surface area contributed by atoms with Crippen molar-refractivity contribution in [3.05, 3.63) is 0 Å². The van der Waals surface area contributed by atoms with Crippen molar-refractivity contribution in [2.75, 3.05) is 19.7 Å². The fourth-order valence-electron chi connectivity index (χ4n) is 6.53. The summed E-state index contributed by atoms with van der Waals surface area (Å²) in [7, 11) is 0. The number of thioether (sulfide) groups is 1. The molecular formula is C25H43N3O4S. The zero-order valence-corrected chi connectivity index (χ0v) is 22.0. The van der Waals surface area contributed by atoms with Crippen LogP contribution in [0, 0.1) is 17.3 Å². The van der Waals surface area contributed by atoms with Crippen molar-refractivity contribution < 1.29 is 19.5 Å². The SMILES string of the molecule is CCCNC(=O)[C@@H]1[C@@H]2CCC3(S2)C(C(=O)NC(C)(C)CC(C)(C)C)N(CCCCO)C(=O)[C@H]13. The molecule has 33 heavy (non-hydrogen) atoms. The first kappa shape index (κ1) is 26.3. The van der Waals surface area contributed by atoms with Gasteiger partial charge in [-0.15, -0.1) is 11.8 Å². The van der Waals surface area contributed by atoms with Crippen LogP contribution in [0.25, 0.3) is 0 Å². The minimum absolute atomic E-state index is 0.0429. The molecule has 0 aliphatic carbocycles. The van der Waals surface area contributed by atoms with Gasteiger partial charge in [0.15, 0.2) is 0 Å². The van der Waals surface area contributed by atoms with Crippen LogP contribution in [0.2, 0.25) is 0 Å². The summed E-state index contributed by atoms with van der Waals surface area (Å²) in [5.74, 6) is -1.03. The number of aliphatic hydroxyl groups is 1. The molecule has 2 bridgehead atoms. The number of hydrogen-bond acceptors (Lipinski definition) is 5. The Labute approximate surface area is 203 Å². The molecule has 7 nitrogen and oxygen atoms in total. The van der Waals surface area contributed by atoms with E-state index in [0.29, 0.717) is 25.9 Å². The van der Waals surface area contributed by atoms with Crippen molar-refractivity contribution in [2.24, 2.45) is 17.3 Å². The Bertz CT molecular complexity index is 765. The summed E-state index contributed by atoms with van der Waals surface area (Å²) in [5.41, 5.74) is -0.365. The van der Waals surface area contributed by atoms with Crippen molar-refractivity contribution in [1.29, 1.82) is 0 Å². The highest BCUT2D eigenvalue weighted by molar-refractivity contribution is 8.02. The van der Waals surface area contributed by atoms with Gasteiger partial charge in [0.2, 0.25) is 17.7 Å². The number of aliphatic hydroxyl groups excluding tert-OH is 1. The number of carbonyl (C=O) groups excluding carboxylic acids is 3. The first-order chi connectivity index (χ1) is 15.4. The van der Waals surface area contributed by atoms with E-state index >= 15 is 0 Å². The van der Waals surface area contributed by atoms with Crippen LogP contribution in [0.15, 0.2) is 0 Å². The molecular weight excluding hydrogens is 438 g/mol. The summed E-state index contributed by atoms with van der Waals surface area (Å²) in [6, 6.07) is -0.577. The molecule has 3 fully saturated rings. The third-order valence-electron chi connectivity index (χ3n) is 7.14. The number of nitrogens with one attached hydrogen (secondary N) is 2. The average Bonchev–Trinajstić information content (AvgIpc) is 3.31. The van der Waals surface area contributed by atoms with Gasteiger partial charge in [0.05, 0.1) is 16.6 Å². The summed E-state index contributed by atoms with van der Waals surface area (Å²) >= 11 is 1.71. The Hall–Kier alpha value is -1.28. The Morgan fingerprint density at radius 3 is 2.48 bits per heavy atom. The molecule has 0 aromatic heterocycles. The van der Waals surface area contributed by atoms with Gasteiger partial charge in [-0.25, -0.2) is 0 Å². The van der Waals surface area contributed by atoms with Crippen molar-refractivity contribution >= 4 is 29.5 Å². The van der Waals surface area contributed by atoms with E-state index in [9.17, 15) is 19.5 Å². The lowest BCUT2D eigenvalue weighted by atomic mass is 9.70. The molecule has 3 aliphatic rings. The fourth-order valence-corrected chi connectivity index (χ4v) is 8.75. The van der Waals surface area contributed by atoms with Gasteiger partial charge in [-0.3, -0.25) is 14.4 Å². The molecule has 2 unspecified atom stereocenters. The fraction of sp³-hybridized carbons (Fsp3) is 0.880. The minimum Gasteiger partial charge on any atom is -0.396 e. The predicted molar refractivity (Wildman–Crippen MR) is 132 cm³/mol. The maximum atomic E-state index is 13.8. The second-order valence-electron chi connectivity index (χ2n) is 11.9. The van der Waals surface area contributed by atoms with Crippen LogP contribution in [0.3, 0.4) is 0 Å². The maximum Gasteiger partial charge on any atom is 0.244 e. The highest BCUT2D eigenvalue weighted by Crippen LogP contribution is 2.66. The second-order valence-corrected chi connectivity index (χ2v) is 13.5. The van der Waals surface area contributed by atoms with Crippen LogP contribution in [-0.2, 0) is 14.4 Å². The molecule has 3 N–H and O–H groups in total. The Morgan fingerprint density at radius 2 is 1.88 bits per heavy atom. The second kappa shape index (κ2) is 9.76. The molecule has 0 saturated carbocycles. The van der Waals surface area contributed by atoms with Gasteiger partial charge in [-0.1, -0.05) is 27.7 Å². The highest BCUT2D eigenvalue weighted by Gasteiger charge is 2.73. The maximum absolute atomic E-state index is 13.8. The quantitative estimate of drug-likeness (QED) is 0.417. The molecule has 0 radical (unpaired) electrons.